The van der Waals surface area contributed by atoms with Gasteiger partial charge in [-0.3, -0.25) is 19.8 Å². The van der Waals surface area contributed by atoms with E-state index in [0.717, 1.165) is 5.56 Å². The molecule has 1 aliphatic heterocycles. The number of hydrogen-bond donors (Lipinski definition) is 1. The third kappa shape index (κ3) is 3.49. The van der Waals surface area contributed by atoms with Crippen LogP contribution in [0.2, 0.25) is 0 Å². The molecule has 22 heavy (non-hydrogen) atoms. The summed E-state index contributed by atoms with van der Waals surface area (Å²) in [5.74, 6) is -0.130. The van der Waals surface area contributed by atoms with Crippen LogP contribution in [-0.4, -0.2) is 53.6 Å². The molecule has 118 valence electrons. The van der Waals surface area contributed by atoms with Crippen molar-refractivity contribution in [2.75, 3.05) is 37.7 Å². The van der Waals surface area contributed by atoms with E-state index >= 15 is 0 Å². The zero-order chi connectivity index (χ0) is 16.1. The smallest absolute Gasteiger partial charge is 0.271 e. The predicted octanol–water partition coefficient (Wildman–Crippen LogP) is 0.964. The van der Waals surface area contributed by atoms with Crippen LogP contribution in [0, 0.1) is 10.1 Å². The number of benzene rings is 1. The zero-order valence-corrected chi connectivity index (χ0v) is 12.3. The van der Waals surface area contributed by atoms with Gasteiger partial charge in [0.25, 0.3) is 5.69 Å². The Hall–Kier alpha value is -2.25. The van der Waals surface area contributed by atoms with Gasteiger partial charge in [0.1, 0.15) is 0 Å². The lowest BCUT2D eigenvalue weighted by Crippen LogP contribution is -2.40. The van der Waals surface area contributed by atoms with E-state index in [1.54, 1.807) is 21.9 Å². The maximum Gasteiger partial charge on any atom is 0.271 e. The third-order valence-corrected chi connectivity index (χ3v) is 3.64. The van der Waals surface area contributed by atoms with Crippen LogP contribution in [0.25, 0.3) is 0 Å². The minimum Gasteiger partial charge on any atom is -0.395 e. The number of non-ortho nitro benzene ring substituents is 1. The van der Waals surface area contributed by atoms with Crippen molar-refractivity contribution in [2.45, 2.75) is 6.42 Å². The second kappa shape index (κ2) is 7.15. The number of carbonyl (C=O) groups is 1. The molecule has 0 aliphatic carbocycles. The first-order valence-corrected chi connectivity index (χ1v) is 7.08. The molecular formula is C15H19N3O4. The summed E-state index contributed by atoms with van der Waals surface area (Å²) in [5.41, 5.74) is 1.54. The van der Waals surface area contributed by atoms with E-state index in [0.29, 0.717) is 31.7 Å². The summed E-state index contributed by atoms with van der Waals surface area (Å²) in [6, 6.07) is 4.61. The van der Waals surface area contributed by atoms with Crippen LogP contribution < -0.4 is 4.90 Å². The highest BCUT2D eigenvalue weighted by atomic mass is 16.6. The largest absolute Gasteiger partial charge is 0.395 e. The average molecular weight is 305 g/mol. The van der Waals surface area contributed by atoms with Crippen LogP contribution in [0.15, 0.2) is 30.9 Å². The monoisotopic (exact) mass is 305 g/mol. The molecule has 1 aliphatic rings. The van der Waals surface area contributed by atoms with Crippen molar-refractivity contribution in [1.29, 1.82) is 0 Å². The van der Waals surface area contributed by atoms with Crippen molar-refractivity contribution in [3.8, 4) is 0 Å². The Morgan fingerprint density at radius 3 is 2.95 bits per heavy atom. The number of nitro groups is 1. The number of amides is 1. The van der Waals surface area contributed by atoms with Crippen molar-refractivity contribution in [2.24, 2.45) is 0 Å². The van der Waals surface area contributed by atoms with Crippen LogP contribution in [0.1, 0.15) is 5.56 Å². The number of nitrogens with zero attached hydrogens (tertiary/aromatic N) is 3. The fourth-order valence-electron chi connectivity index (χ4n) is 2.58. The first-order chi connectivity index (χ1) is 10.6. The van der Waals surface area contributed by atoms with Crippen LogP contribution in [0.4, 0.5) is 11.4 Å². The number of anilines is 1. The molecule has 0 saturated heterocycles. The third-order valence-electron chi connectivity index (χ3n) is 3.64. The Labute approximate surface area is 128 Å². The molecule has 0 bridgehead atoms. The quantitative estimate of drug-likeness (QED) is 0.461. The van der Waals surface area contributed by atoms with Gasteiger partial charge in [0.2, 0.25) is 5.91 Å². The van der Waals surface area contributed by atoms with Crippen LogP contribution >= 0.6 is 0 Å². The number of aliphatic hydroxyl groups excluding tert-OH is 1. The lowest BCUT2D eigenvalue weighted by Gasteiger charge is -2.23. The molecule has 0 unspecified atom stereocenters. The second-order valence-corrected chi connectivity index (χ2v) is 5.11. The van der Waals surface area contributed by atoms with Crippen LogP contribution in [0.3, 0.4) is 0 Å². The lowest BCUT2D eigenvalue weighted by molar-refractivity contribution is -0.384. The van der Waals surface area contributed by atoms with Crippen molar-refractivity contribution in [3.05, 3.63) is 46.5 Å². The van der Waals surface area contributed by atoms with E-state index in [2.05, 4.69) is 6.58 Å². The molecule has 7 nitrogen and oxygen atoms in total. The minimum atomic E-state index is -0.461. The standard InChI is InChI=1S/C15H19N3O4/c1-2-6-16(8-9-19)11-15(20)17-7-5-12-3-4-13(18(21)22)10-14(12)17/h2-4,10,19H,1,5-9,11H2. The summed E-state index contributed by atoms with van der Waals surface area (Å²) >= 11 is 0. The highest BCUT2D eigenvalue weighted by Gasteiger charge is 2.27. The van der Waals surface area contributed by atoms with E-state index in [1.165, 1.54) is 12.1 Å². The first-order valence-electron chi connectivity index (χ1n) is 7.08. The Morgan fingerprint density at radius 1 is 1.55 bits per heavy atom. The van der Waals surface area contributed by atoms with Gasteiger partial charge in [0, 0.05) is 31.8 Å². The van der Waals surface area contributed by atoms with Gasteiger partial charge in [-0.1, -0.05) is 12.1 Å². The average Bonchev–Trinajstić information content (AvgIpc) is 2.90. The van der Waals surface area contributed by atoms with Crippen molar-refractivity contribution >= 4 is 17.3 Å². The summed E-state index contributed by atoms with van der Waals surface area (Å²) in [5, 5.41) is 19.9. The summed E-state index contributed by atoms with van der Waals surface area (Å²) in [6.45, 7) is 5.15. The molecular weight excluding hydrogens is 286 g/mol. The summed E-state index contributed by atoms with van der Waals surface area (Å²) in [6.07, 6.45) is 2.37. The number of carbonyl (C=O) groups excluding carboxylic acids is 1. The van der Waals surface area contributed by atoms with Gasteiger partial charge in [-0.05, 0) is 12.0 Å². The van der Waals surface area contributed by atoms with Gasteiger partial charge >= 0.3 is 0 Å². The summed E-state index contributed by atoms with van der Waals surface area (Å²) in [7, 11) is 0. The summed E-state index contributed by atoms with van der Waals surface area (Å²) < 4.78 is 0. The normalized spacial score (nSPS) is 13.3. The molecule has 1 heterocycles. The van der Waals surface area contributed by atoms with Gasteiger partial charge < -0.3 is 10.0 Å². The van der Waals surface area contributed by atoms with Gasteiger partial charge in [-0.25, -0.2) is 0 Å². The van der Waals surface area contributed by atoms with E-state index in [4.69, 9.17) is 5.11 Å². The Kier molecular flexibility index (Phi) is 5.24. The summed E-state index contributed by atoms with van der Waals surface area (Å²) in [4.78, 5) is 26.2. The molecule has 7 heteroatoms. The molecule has 1 N–H and O–H groups in total. The molecule has 2 rings (SSSR count). The van der Waals surface area contributed by atoms with Gasteiger partial charge in [-0.2, -0.15) is 0 Å². The highest BCUT2D eigenvalue weighted by molar-refractivity contribution is 5.97. The fourth-order valence-corrected chi connectivity index (χ4v) is 2.58. The maximum absolute atomic E-state index is 12.4. The Balaban J connectivity index is 2.14. The topological polar surface area (TPSA) is 86.9 Å². The van der Waals surface area contributed by atoms with E-state index in [1.807, 2.05) is 0 Å². The number of nitro benzene ring substituents is 1. The van der Waals surface area contributed by atoms with E-state index < -0.39 is 4.92 Å². The van der Waals surface area contributed by atoms with Crippen LogP contribution in [-0.2, 0) is 11.2 Å². The van der Waals surface area contributed by atoms with Gasteiger partial charge in [0.15, 0.2) is 0 Å². The minimum absolute atomic E-state index is 0.0169. The number of rotatable bonds is 7. The van der Waals surface area contributed by atoms with Crippen molar-refractivity contribution < 1.29 is 14.8 Å². The molecule has 1 amide bonds. The Morgan fingerprint density at radius 2 is 2.32 bits per heavy atom. The molecule has 1 aromatic rings. The lowest BCUT2D eigenvalue weighted by atomic mass is 10.1. The molecule has 0 fully saturated rings. The second-order valence-electron chi connectivity index (χ2n) is 5.11. The molecule has 0 atom stereocenters. The molecule has 0 spiro atoms. The SMILES string of the molecule is C=CCN(CCO)CC(=O)N1CCc2ccc([N+](=O)[O-])cc21. The van der Waals surface area contributed by atoms with E-state index in [9.17, 15) is 14.9 Å². The van der Waals surface area contributed by atoms with Gasteiger partial charge in [-0.15, -0.1) is 6.58 Å². The number of aliphatic hydroxyl groups is 1. The van der Waals surface area contributed by atoms with Crippen molar-refractivity contribution in [1.82, 2.24) is 4.90 Å². The molecule has 0 aromatic heterocycles. The maximum atomic E-state index is 12.4. The van der Waals surface area contributed by atoms with Crippen LogP contribution in [0.5, 0.6) is 0 Å². The first kappa shape index (κ1) is 16.1. The Bertz CT molecular complexity index is 588. The fraction of sp³-hybridized carbons (Fsp3) is 0.400. The van der Waals surface area contributed by atoms with E-state index in [-0.39, 0.29) is 24.7 Å². The van der Waals surface area contributed by atoms with Crippen molar-refractivity contribution in [3.63, 3.8) is 0 Å². The molecule has 0 saturated carbocycles. The highest BCUT2D eigenvalue weighted by Crippen LogP contribution is 2.31. The molecule has 0 radical (unpaired) electrons. The number of fused-ring (bicyclic) bond motifs is 1. The number of hydrogen-bond acceptors (Lipinski definition) is 5. The zero-order valence-electron chi connectivity index (χ0n) is 12.3. The molecule has 1 aromatic carbocycles. The van der Waals surface area contributed by atoms with Gasteiger partial charge in [0.05, 0.1) is 23.8 Å². The predicted molar refractivity (Wildman–Crippen MR) is 82.9 cm³/mol.